The third-order valence-electron chi connectivity index (χ3n) is 3.24. The van der Waals surface area contributed by atoms with Crippen molar-refractivity contribution in [2.45, 2.75) is 12.5 Å². The highest BCUT2D eigenvalue weighted by Crippen LogP contribution is 2.14. The molecule has 1 aliphatic heterocycles. The fourth-order valence-electron chi connectivity index (χ4n) is 2.18. The van der Waals surface area contributed by atoms with Gasteiger partial charge >= 0.3 is 0 Å². The van der Waals surface area contributed by atoms with Gasteiger partial charge in [0, 0.05) is 24.7 Å². The van der Waals surface area contributed by atoms with Crippen molar-refractivity contribution in [1.82, 2.24) is 10.2 Å². The topological polar surface area (TPSA) is 24.5 Å². The van der Waals surface area contributed by atoms with Crippen LogP contribution in [0.2, 0.25) is 5.02 Å². The summed E-state index contributed by atoms with van der Waals surface area (Å²) in [6.45, 7) is 4.74. The van der Waals surface area contributed by atoms with Crippen LogP contribution < -0.4 is 5.32 Å². The predicted octanol–water partition coefficient (Wildman–Crippen LogP) is 1.80. The Labute approximate surface area is 114 Å². The number of ether oxygens (including phenoxy) is 1. The molecule has 0 aliphatic carbocycles. The lowest BCUT2D eigenvalue weighted by molar-refractivity contribution is -0.0179. The molecular formula is C14H21ClN2O. The average Bonchev–Trinajstić information content (AvgIpc) is 2.37. The van der Waals surface area contributed by atoms with Gasteiger partial charge in [0.25, 0.3) is 0 Å². The number of hydrogen-bond acceptors (Lipinski definition) is 3. The van der Waals surface area contributed by atoms with Crippen LogP contribution in [0, 0.1) is 0 Å². The van der Waals surface area contributed by atoms with Crippen molar-refractivity contribution in [3.05, 3.63) is 34.9 Å². The van der Waals surface area contributed by atoms with Gasteiger partial charge in [-0.05, 0) is 31.6 Å². The zero-order chi connectivity index (χ0) is 12.8. The Bertz CT molecular complexity index is 373. The highest BCUT2D eigenvalue weighted by molar-refractivity contribution is 6.31. The predicted molar refractivity (Wildman–Crippen MR) is 75.3 cm³/mol. The van der Waals surface area contributed by atoms with E-state index in [4.69, 9.17) is 16.3 Å². The standard InChI is InChI=1S/C14H21ClN2O/c1-17-8-9-18-13(11-17)10-16-7-6-12-4-2-3-5-14(12)15/h2-5,13,16H,6-11H2,1H3/t13-/m0/s1. The highest BCUT2D eigenvalue weighted by Gasteiger charge is 2.16. The molecule has 0 saturated carbocycles. The second-order valence-electron chi connectivity index (χ2n) is 4.80. The van der Waals surface area contributed by atoms with E-state index in [0.717, 1.165) is 44.2 Å². The Balaban J connectivity index is 1.65. The molecule has 3 nitrogen and oxygen atoms in total. The monoisotopic (exact) mass is 268 g/mol. The molecule has 4 heteroatoms. The first-order valence-electron chi connectivity index (χ1n) is 6.50. The minimum absolute atomic E-state index is 0.315. The molecule has 100 valence electrons. The summed E-state index contributed by atoms with van der Waals surface area (Å²) in [4.78, 5) is 2.31. The van der Waals surface area contributed by atoms with Crippen LogP contribution in [0.4, 0.5) is 0 Å². The van der Waals surface area contributed by atoms with E-state index < -0.39 is 0 Å². The molecule has 1 heterocycles. The third kappa shape index (κ3) is 4.25. The smallest absolute Gasteiger partial charge is 0.0826 e. The lowest BCUT2D eigenvalue weighted by Gasteiger charge is -2.30. The van der Waals surface area contributed by atoms with E-state index >= 15 is 0 Å². The zero-order valence-electron chi connectivity index (χ0n) is 10.9. The average molecular weight is 269 g/mol. The van der Waals surface area contributed by atoms with Gasteiger partial charge in [-0.25, -0.2) is 0 Å². The molecular weight excluding hydrogens is 248 g/mol. The molecule has 1 fully saturated rings. The molecule has 1 aromatic rings. The number of morpholine rings is 1. The molecule has 1 N–H and O–H groups in total. The Hall–Kier alpha value is -0.610. The number of nitrogens with zero attached hydrogens (tertiary/aromatic N) is 1. The van der Waals surface area contributed by atoms with Crippen molar-refractivity contribution in [1.29, 1.82) is 0 Å². The fourth-order valence-corrected chi connectivity index (χ4v) is 2.41. The Kier molecular flexibility index (Phi) is 5.45. The Morgan fingerprint density at radius 2 is 2.28 bits per heavy atom. The van der Waals surface area contributed by atoms with Gasteiger partial charge in [-0.1, -0.05) is 29.8 Å². The number of rotatable bonds is 5. The van der Waals surface area contributed by atoms with Crippen LogP contribution in [0.25, 0.3) is 0 Å². The number of nitrogens with one attached hydrogen (secondary N) is 1. The lowest BCUT2D eigenvalue weighted by Crippen LogP contribution is -2.45. The summed E-state index contributed by atoms with van der Waals surface area (Å²) in [6, 6.07) is 8.01. The van der Waals surface area contributed by atoms with E-state index in [2.05, 4.69) is 23.3 Å². The fraction of sp³-hybridized carbons (Fsp3) is 0.571. The first kappa shape index (κ1) is 13.8. The number of hydrogen-bond donors (Lipinski definition) is 1. The minimum Gasteiger partial charge on any atom is -0.374 e. The van der Waals surface area contributed by atoms with Gasteiger partial charge in [-0.15, -0.1) is 0 Å². The summed E-state index contributed by atoms with van der Waals surface area (Å²) >= 11 is 6.11. The van der Waals surface area contributed by atoms with Crippen molar-refractivity contribution in [3.8, 4) is 0 Å². The summed E-state index contributed by atoms with van der Waals surface area (Å²) < 4.78 is 5.69. The van der Waals surface area contributed by atoms with Gasteiger partial charge < -0.3 is 15.0 Å². The normalized spacial score (nSPS) is 21.1. The molecule has 0 amide bonds. The second kappa shape index (κ2) is 7.10. The van der Waals surface area contributed by atoms with Crippen molar-refractivity contribution in [2.75, 3.05) is 39.8 Å². The molecule has 18 heavy (non-hydrogen) atoms. The number of benzene rings is 1. The van der Waals surface area contributed by atoms with Gasteiger partial charge in [-0.2, -0.15) is 0 Å². The number of halogens is 1. The van der Waals surface area contributed by atoms with Crippen LogP contribution in [0.15, 0.2) is 24.3 Å². The highest BCUT2D eigenvalue weighted by atomic mass is 35.5. The summed E-state index contributed by atoms with van der Waals surface area (Å²) in [5, 5.41) is 4.30. The van der Waals surface area contributed by atoms with Crippen molar-refractivity contribution in [3.63, 3.8) is 0 Å². The van der Waals surface area contributed by atoms with Gasteiger partial charge in [-0.3, -0.25) is 0 Å². The van der Waals surface area contributed by atoms with Crippen LogP contribution in [0.1, 0.15) is 5.56 Å². The maximum absolute atomic E-state index is 6.11. The first-order valence-corrected chi connectivity index (χ1v) is 6.88. The van der Waals surface area contributed by atoms with E-state index in [1.165, 1.54) is 5.56 Å². The van der Waals surface area contributed by atoms with Gasteiger partial charge in [0.15, 0.2) is 0 Å². The molecule has 0 aromatic heterocycles. The van der Waals surface area contributed by atoms with E-state index in [0.29, 0.717) is 6.10 Å². The molecule has 0 radical (unpaired) electrons. The van der Waals surface area contributed by atoms with E-state index in [9.17, 15) is 0 Å². The summed E-state index contributed by atoms with van der Waals surface area (Å²) in [5.41, 5.74) is 1.20. The third-order valence-corrected chi connectivity index (χ3v) is 3.61. The second-order valence-corrected chi connectivity index (χ2v) is 5.21. The molecule has 1 atom stereocenters. The largest absolute Gasteiger partial charge is 0.374 e. The quantitative estimate of drug-likeness (QED) is 0.825. The summed E-state index contributed by atoms with van der Waals surface area (Å²) in [6.07, 6.45) is 1.28. The molecule has 2 rings (SSSR count). The van der Waals surface area contributed by atoms with E-state index in [1.807, 2.05) is 18.2 Å². The Morgan fingerprint density at radius 3 is 3.06 bits per heavy atom. The Morgan fingerprint density at radius 1 is 1.44 bits per heavy atom. The van der Waals surface area contributed by atoms with Crippen LogP contribution in [-0.4, -0.2) is 50.8 Å². The maximum Gasteiger partial charge on any atom is 0.0826 e. The lowest BCUT2D eigenvalue weighted by atomic mass is 10.1. The SMILES string of the molecule is CN1CCO[C@@H](CNCCc2ccccc2Cl)C1. The van der Waals surface area contributed by atoms with Crippen LogP contribution >= 0.6 is 11.6 Å². The minimum atomic E-state index is 0.315. The van der Waals surface area contributed by atoms with Gasteiger partial charge in [0.05, 0.1) is 12.7 Å². The van der Waals surface area contributed by atoms with Crippen LogP contribution in [-0.2, 0) is 11.2 Å². The van der Waals surface area contributed by atoms with Gasteiger partial charge in [0.1, 0.15) is 0 Å². The molecule has 0 bridgehead atoms. The van der Waals surface area contributed by atoms with Crippen molar-refractivity contribution < 1.29 is 4.74 Å². The van der Waals surface area contributed by atoms with Gasteiger partial charge in [0.2, 0.25) is 0 Å². The zero-order valence-corrected chi connectivity index (χ0v) is 11.6. The van der Waals surface area contributed by atoms with E-state index in [1.54, 1.807) is 0 Å². The maximum atomic E-state index is 6.11. The molecule has 1 aromatic carbocycles. The first-order chi connectivity index (χ1) is 8.75. The molecule has 0 unspecified atom stereocenters. The van der Waals surface area contributed by atoms with Crippen molar-refractivity contribution >= 4 is 11.6 Å². The number of likely N-dealkylation sites (N-methyl/N-ethyl adjacent to an activating group) is 1. The van der Waals surface area contributed by atoms with Crippen molar-refractivity contribution in [2.24, 2.45) is 0 Å². The molecule has 1 aliphatic rings. The van der Waals surface area contributed by atoms with Crippen LogP contribution in [0.3, 0.4) is 0 Å². The molecule has 0 spiro atoms. The van der Waals surface area contributed by atoms with E-state index in [-0.39, 0.29) is 0 Å². The summed E-state index contributed by atoms with van der Waals surface area (Å²) in [5.74, 6) is 0. The van der Waals surface area contributed by atoms with Crippen LogP contribution in [0.5, 0.6) is 0 Å². The molecule has 1 saturated heterocycles. The summed E-state index contributed by atoms with van der Waals surface area (Å²) in [7, 11) is 2.14.